The van der Waals surface area contributed by atoms with Crippen molar-refractivity contribution in [1.29, 1.82) is 0 Å². The standard InChI is InChI=1S/C20H28N4O2.2C2HF3O2/c1-14-17(15(2)26-22-14)12-24-8-6-20(25-3)18-11-23(13-19(18)24)10-16-5-4-7-21-9-16;2*3-2(4,5)1(6)7/h4-5,7,9,18-20H,6,8,10-13H2,1-3H3;2*(H,6,7)/t18-,19+,20+;;/m0../s1. The van der Waals surface area contributed by atoms with Crippen LogP contribution in [0.1, 0.15) is 29.0 Å². The average Bonchev–Trinajstić information content (AvgIpc) is 3.43. The number of hydrogen-bond donors (Lipinski definition) is 2. The van der Waals surface area contributed by atoms with Crippen molar-refractivity contribution in [1.82, 2.24) is 19.9 Å². The Hall–Kier alpha value is -3.24. The molecule has 10 nitrogen and oxygen atoms in total. The van der Waals surface area contributed by atoms with Crippen LogP contribution >= 0.6 is 0 Å². The van der Waals surface area contributed by atoms with E-state index >= 15 is 0 Å². The third kappa shape index (κ3) is 9.45. The van der Waals surface area contributed by atoms with E-state index in [1.165, 1.54) is 11.1 Å². The van der Waals surface area contributed by atoms with Gasteiger partial charge in [0.05, 0.1) is 11.8 Å². The Kier molecular flexibility index (Phi) is 11.5. The molecule has 4 rings (SSSR count). The molecule has 2 aromatic rings. The number of carbonyl (C=O) groups is 2. The Balaban J connectivity index is 0.000000333. The molecular weight excluding hydrogens is 554 g/mol. The largest absolute Gasteiger partial charge is 0.490 e. The third-order valence-corrected chi connectivity index (χ3v) is 6.52. The fourth-order valence-electron chi connectivity index (χ4n) is 4.62. The summed E-state index contributed by atoms with van der Waals surface area (Å²) in [7, 11) is 1.86. The lowest BCUT2D eigenvalue weighted by Crippen LogP contribution is -2.50. The number of likely N-dealkylation sites (tertiary alicyclic amines) is 2. The van der Waals surface area contributed by atoms with Crippen molar-refractivity contribution in [3.63, 3.8) is 0 Å². The molecule has 0 spiro atoms. The lowest BCUT2D eigenvalue weighted by Gasteiger charge is -2.41. The second-order valence-corrected chi connectivity index (χ2v) is 9.23. The zero-order valence-electron chi connectivity index (χ0n) is 21.9. The number of aliphatic carboxylic acids is 2. The minimum Gasteiger partial charge on any atom is -0.475 e. The first-order chi connectivity index (χ1) is 18.5. The Bertz CT molecular complexity index is 1070. The summed E-state index contributed by atoms with van der Waals surface area (Å²) in [5.74, 6) is -4.02. The van der Waals surface area contributed by atoms with Gasteiger partial charge in [-0.05, 0) is 31.9 Å². The van der Waals surface area contributed by atoms with E-state index in [-0.39, 0.29) is 0 Å². The van der Waals surface area contributed by atoms with Crippen LogP contribution in [-0.4, -0.2) is 93.3 Å². The van der Waals surface area contributed by atoms with E-state index in [0.717, 1.165) is 50.6 Å². The highest BCUT2D eigenvalue weighted by molar-refractivity contribution is 5.73. The second-order valence-electron chi connectivity index (χ2n) is 9.23. The van der Waals surface area contributed by atoms with Gasteiger partial charge in [0, 0.05) is 69.8 Å². The maximum atomic E-state index is 10.6. The molecule has 0 amide bonds. The highest BCUT2D eigenvalue weighted by atomic mass is 19.4. The van der Waals surface area contributed by atoms with E-state index in [9.17, 15) is 26.3 Å². The maximum absolute atomic E-state index is 10.6. The quantitative estimate of drug-likeness (QED) is 0.503. The van der Waals surface area contributed by atoms with Gasteiger partial charge in [0.25, 0.3) is 0 Å². The van der Waals surface area contributed by atoms with Crippen molar-refractivity contribution in [3.05, 3.63) is 47.1 Å². The fourth-order valence-corrected chi connectivity index (χ4v) is 4.62. The highest BCUT2D eigenvalue weighted by Gasteiger charge is 2.44. The highest BCUT2D eigenvalue weighted by Crippen LogP contribution is 2.34. The summed E-state index contributed by atoms with van der Waals surface area (Å²) in [6, 6.07) is 4.68. The zero-order chi connectivity index (χ0) is 30.3. The number of carboxylic acids is 2. The molecule has 0 saturated carbocycles. The number of aromatic nitrogens is 2. The number of aryl methyl sites for hydroxylation is 2. The number of halogens is 6. The molecule has 16 heteroatoms. The van der Waals surface area contributed by atoms with Gasteiger partial charge in [-0.15, -0.1) is 0 Å². The summed E-state index contributed by atoms with van der Waals surface area (Å²) < 4.78 is 74.7. The Morgan fingerprint density at radius 2 is 1.68 bits per heavy atom. The number of rotatable bonds is 5. The normalized spacial score (nSPS) is 21.5. The van der Waals surface area contributed by atoms with Gasteiger partial charge in [0.1, 0.15) is 5.76 Å². The first kappa shape index (κ1) is 33.0. The molecule has 2 aliphatic heterocycles. The first-order valence-corrected chi connectivity index (χ1v) is 11.9. The van der Waals surface area contributed by atoms with Gasteiger partial charge >= 0.3 is 24.3 Å². The van der Waals surface area contributed by atoms with Gasteiger partial charge in [0.15, 0.2) is 0 Å². The van der Waals surface area contributed by atoms with Crippen LogP contribution in [0.15, 0.2) is 29.0 Å². The van der Waals surface area contributed by atoms with Crippen LogP contribution in [0.2, 0.25) is 0 Å². The number of nitrogens with zero attached hydrogens (tertiary/aromatic N) is 4. The van der Waals surface area contributed by atoms with Crippen molar-refractivity contribution in [2.45, 2.75) is 57.9 Å². The van der Waals surface area contributed by atoms with Gasteiger partial charge in [-0.1, -0.05) is 11.2 Å². The topological polar surface area (TPSA) is 129 Å². The molecule has 224 valence electrons. The third-order valence-electron chi connectivity index (χ3n) is 6.52. The number of ether oxygens (including phenoxy) is 1. The van der Waals surface area contributed by atoms with E-state index in [0.29, 0.717) is 18.1 Å². The van der Waals surface area contributed by atoms with Gasteiger partial charge < -0.3 is 19.5 Å². The van der Waals surface area contributed by atoms with Crippen LogP contribution < -0.4 is 0 Å². The van der Waals surface area contributed by atoms with Crippen molar-refractivity contribution in [3.8, 4) is 0 Å². The van der Waals surface area contributed by atoms with Gasteiger partial charge in [-0.2, -0.15) is 26.3 Å². The van der Waals surface area contributed by atoms with E-state index in [1.807, 2.05) is 39.4 Å². The minimum absolute atomic E-state index is 0.347. The smallest absolute Gasteiger partial charge is 0.475 e. The molecule has 3 atom stereocenters. The van der Waals surface area contributed by atoms with Crippen LogP contribution in [0.25, 0.3) is 0 Å². The monoisotopic (exact) mass is 584 g/mol. The van der Waals surface area contributed by atoms with E-state index in [1.54, 1.807) is 0 Å². The van der Waals surface area contributed by atoms with Gasteiger partial charge in [-0.3, -0.25) is 14.8 Å². The minimum atomic E-state index is -5.08. The Morgan fingerprint density at radius 1 is 1.07 bits per heavy atom. The number of methoxy groups -OCH3 is 1. The summed E-state index contributed by atoms with van der Waals surface area (Å²) in [5.41, 5.74) is 3.53. The van der Waals surface area contributed by atoms with E-state index < -0.39 is 24.3 Å². The van der Waals surface area contributed by atoms with Crippen LogP contribution in [-0.2, 0) is 27.4 Å². The van der Waals surface area contributed by atoms with Crippen molar-refractivity contribution < 1.29 is 55.4 Å². The molecule has 2 N–H and O–H groups in total. The molecule has 2 aliphatic rings. The van der Waals surface area contributed by atoms with E-state index in [4.69, 9.17) is 29.1 Å². The molecule has 2 aromatic heterocycles. The summed E-state index contributed by atoms with van der Waals surface area (Å²) in [4.78, 5) is 27.2. The van der Waals surface area contributed by atoms with Crippen LogP contribution in [0.3, 0.4) is 0 Å². The molecule has 0 unspecified atom stereocenters. The number of pyridine rings is 1. The molecule has 2 fully saturated rings. The van der Waals surface area contributed by atoms with Crippen molar-refractivity contribution in [2.75, 3.05) is 26.7 Å². The first-order valence-electron chi connectivity index (χ1n) is 11.9. The predicted molar refractivity (Wildman–Crippen MR) is 126 cm³/mol. The summed E-state index contributed by atoms with van der Waals surface area (Å²) in [6.45, 7) is 9.13. The number of carboxylic acid groups (broad SMARTS) is 2. The fraction of sp³-hybridized carbons (Fsp3) is 0.583. The molecule has 2 saturated heterocycles. The maximum Gasteiger partial charge on any atom is 0.490 e. The Labute approximate surface area is 225 Å². The zero-order valence-corrected chi connectivity index (χ0v) is 21.9. The van der Waals surface area contributed by atoms with Crippen LogP contribution in [0, 0.1) is 19.8 Å². The van der Waals surface area contributed by atoms with Crippen molar-refractivity contribution in [2.24, 2.45) is 5.92 Å². The summed E-state index contributed by atoms with van der Waals surface area (Å²) in [5, 5.41) is 18.4. The predicted octanol–water partition coefficient (Wildman–Crippen LogP) is 3.67. The molecule has 40 heavy (non-hydrogen) atoms. The van der Waals surface area contributed by atoms with E-state index in [2.05, 4.69) is 26.0 Å². The number of fused-ring (bicyclic) bond motifs is 1. The second kappa shape index (κ2) is 13.9. The summed E-state index contributed by atoms with van der Waals surface area (Å²) in [6.07, 6.45) is -4.93. The van der Waals surface area contributed by atoms with Crippen LogP contribution in [0.4, 0.5) is 26.3 Å². The van der Waals surface area contributed by atoms with Gasteiger partial charge in [0.2, 0.25) is 0 Å². The number of alkyl halides is 6. The van der Waals surface area contributed by atoms with Crippen molar-refractivity contribution >= 4 is 11.9 Å². The average molecular weight is 585 g/mol. The number of piperidine rings is 1. The van der Waals surface area contributed by atoms with Gasteiger partial charge in [-0.25, -0.2) is 9.59 Å². The Morgan fingerprint density at radius 3 is 2.12 bits per heavy atom. The lowest BCUT2D eigenvalue weighted by molar-refractivity contribution is -0.193. The molecule has 0 aliphatic carbocycles. The number of hydrogen-bond acceptors (Lipinski definition) is 8. The molecule has 0 aromatic carbocycles. The summed E-state index contributed by atoms with van der Waals surface area (Å²) >= 11 is 0. The molecular formula is C24H30F6N4O6. The molecule has 0 bridgehead atoms. The lowest BCUT2D eigenvalue weighted by atomic mass is 9.88. The molecule has 0 radical (unpaired) electrons. The molecule has 4 heterocycles. The SMILES string of the molecule is CO[C@@H]1CCN(Cc2c(C)noc2C)[C@@H]2CN(Cc3cccnc3)C[C@@H]21.O=C(O)C(F)(F)F.O=C(O)C(F)(F)F. The van der Waals surface area contributed by atoms with Crippen LogP contribution in [0.5, 0.6) is 0 Å².